The maximum absolute atomic E-state index is 12.7. The maximum Gasteiger partial charge on any atom is 0.227 e. The van der Waals surface area contributed by atoms with Crippen LogP contribution in [0.25, 0.3) is 0 Å². The summed E-state index contributed by atoms with van der Waals surface area (Å²) in [5.74, 6) is 0.510. The Morgan fingerprint density at radius 1 is 1.12 bits per heavy atom. The van der Waals surface area contributed by atoms with Crippen molar-refractivity contribution in [1.82, 2.24) is 15.1 Å². The topological polar surface area (TPSA) is 52.7 Å². The Balaban J connectivity index is 1.48. The zero-order valence-electron chi connectivity index (χ0n) is 14.7. The molecule has 0 saturated carbocycles. The lowest BCUT2D eigenvalue weighted by molar-refractivity contribution is -0.142. The molecule has 2 aliphatic heterocycles. The van der Waals surface area contributed by atoms with Crippen LogP contribution in [0.15, 0.2) is 24.3 Å². The van der Waals surface area contributed by atoms with Gasteiger partial charge < -0.3 is 15.1 Å². The quantitative estimate of drug-likeness (QED) is 0.893. The molecule has 0 unspecified atom stereocenters. The van der Waals surface area contributed by atoms with Crippen LogP contribution in [0, 0.1) is 5.92 Å². The summed E-state index contributed by atoms with van der Waals surface area (Å²) in [6, 6.07) is 7.79. The van der Waals surface area contributed by atoms with Crippen molar-refractivity contribution in [3.05, 3.63) is 34.9 Å². The minimum Gasteiger partial charge on any atom is -0.339 e. The summed E-state index contributed by atoms with van der Waals surface area (Å²) in [5, 5.41) is 4.06. The highest BCUT2D eigenvalue weighted by molar-refractivity contribution is 6.30. The zero-order chi connectivity index (χ0) is 17.8. The summed E-state index contributed by atoms with van der Waals surface area (Å²) in [5.41, 5.74) is 0.969. The number of amides is 2. The SMILES string of the molecule is C[C@H]1C[C@@H](C(=O)N2CCN(C(=O)Cc3ccc(Cl)cc3)CC2)CCN1. The van der Waals surface area contributed by atoms with Crippen molar-refractivity contribution in [2.45, 2.75) is 32.2 Å². The number of hydrogen-bond acceptors (Lipinski definition) is 3. The minimum absolute atomic E-state index is 0.116. The van der Waals surface area contributed by atoms with Gasteiger partial charge in [-0.1, -0.05) is 23.7 Å². The highest BCUT2D eigenvalue weighted by atomic mass is 35.5. The van der Waals surface area contributed by atoms with E-state index in [9.17, 15) is 9.59 Å². The molecule has 25 heavy (non-hydrogen) atoms. The van der Waals surface area contributed by atoms with Crippen LogP contribution in [0.5, 0.6) is 0 Å². The molecule has 1 aromatic carbocycles. The third-order valence-electron chi connectivity index (χ3n) is 5.19. The van der Waals surface area contributed by atoms with Gasteiger partial charge in [0.1, 0.15) is 0 Å². The summed E-state index contributed by atoms with van der Waals surface area (Å²) in [4.78, 5) is 28.9. The number of carbonyl (C=O) groups is 2. The Kier molecular flexibility index (Phi) is 5.97. The number of hydrogen-bond donors (Lipinski definition) is 1. The van der Waals surface area contributed by atoms with Gasteiger partial charge in [-0.2, -0.15) is 0 Å². The van der Waals surface area contributed by atoms with Gasteiger partial charge in [0.25, 0.3) is 0 Å². The first-order chi connectivity index (χ1) is 12.0. The van der Waals surface area contributed by atoms with E-state index in [1.54, 1.807) is 12.1 Å². The minimum atomic E-state index is 0.116. The van der Waals surface area contributed by atoms with Crippen molar-refractivity contribution < 1.29 is 9.59 Å². The van der Waals surface area contributed by atoms with Crippen LogP contribution < -0.4 is 5.32 Å². The third kappa shape index (κ3) is 4.73. The average Bonchev–Trinajstić information content (AvgIpc) is 2.63. The van der Waals surface area contributed by atoms with Gasteiger partial charge in [0.05, 0.1) is 6.42 Å². The molecular weight excluding hydrogens is 338 g/mol. The second kappa shape index (κ2) is 8.19. The smallest absolute Gasteiger partial charge is 0.227 e. The molecule has 0 spiro atoms. The lowest BCUT2D eigenvalue weighted by atomic mass is 9.92. The molecule has 0 aromatic heterocycles. The molecule has 2 heterocycles. The molecule has 2 amide bonds. The fraction of sp³-hybridized carbons (Fsp3) is 0.579. The van der Waals surface area contributed by atoms with Crippen LogP contribution in [-0.2, 0) is 16.0 Å². The first-order valence-corrected chi connectivity index (χ1v) is 9.45. The Hall–Kier alpha value is -1.59. The Morgan fingerprint density at radius 2 is 1.76 bits per heavy atom. The molecule has 1 aromatic rings. The fourth-order valence-corrected chi connectivity index (χ4v) is 3.81. The molecule has 2 aliphatic rings. The van der Waals surface area contributed by atoms with Crippen LogP contribution in [0.2, 0.25) is 5.02 Å². The predicted octanol–water partition coefficient (Wildman–Crippen LogP) is 1.94. The Morgan fingerprint density at radius 3 is 2.40 bits per heavy atom. The molecule has 3 rings (SSSR count). The lowest BCUT2D eigenvalue weighted by Gasteiger charge is -2.38. The van der Waals surface area contributed by atoms with Crippen molar-refractivity contribution in [2.24, 2.45) is 5.92 Å². The van der Waals surface area contributed by atoms with Gasteiger partial charge in [-0.3, -0.25) is 9.59 Å². The summed E-state index contributed by atoms with van der Waals surface area (Å²) in [6.45, 7) is 5.58. The van der Waals surface area contributed by atoms with Crippen LogP contribution in [0.4, 0.5) is 0 Å². The van der Waals surface area contributed by atoms with E-state index in [0.717, 1.165) is 24.9 Å². The molecule has 0 bridgehead atoms. The second-order valence-electron chi connectivity index (χ2n) is 7.09. The largest absolute Gasteiger partial charge is 0.339 e. The van der Waals surface area contributed by atoms with E-state index >= 15 is 0 Å². The fourth-order valence-electron chi connectivity index (χ4n) is 3.68. The molecule has 6 heteroatoms. The summed E-state index contributed by atoms with van der Waals surface area (Å²) in [7, 11) is 0. The van der Waals surface area contributed by atoms with Crippen molar-refractivity contribution in [1.29, 1.82) is 0 Å². The number of benzene rings is 1. The molecule has 0 aliphatic carbocycles. The summed E-state index contributed by atoms with van der Waals surface area (Å²) in [6.07, 6.45) is 2.21. The molecule has 2 saturated heterocycles. The third-order valence-corrected chi connectivity index (χ3v) is 5.44. The van der Waals surface area contributed by atoms with Gasteiger partial charge in [0.15, 0.2) is 0 Å². The van der Waals surface area contributed by atoms with E-state index in [1.807, 2.05) is 21.9 Å². The first-order valence-electron chi connectivity index (χ1n) is 9.07. The summed E-state index contributed by atoms with van der Waals surface area (Å²) >= 11 is 5.88. The van der Waals surface area contributed by atoms with E-state index < -0.39 is 0 Å². The lowest BCUT2D eigenvalue weighted by Crippen LogP contribution is -2.53. The van der Waals surface area contributed by atoms with Crippen LogP contribution in [0.3, 0.4) is 0 Å². The number of rotatable bonds is 3. The zero-order valence-corrected chi connectivity index (χ0v) is 15.5. The van der Waals surface area contributed by atoms with Gasteiger partial charge in [-0.25, -0.2) is 0 Å². The van der Waals surface area contributed by atoms with Crippen molar-refractivity contribution in [3.8, 4) is 0 Å². The molecule has 2 atom stereocenters. The number of carbonyl (C=O) groups excluding carboxylic acids is 2. The van der Waals surface area contributed by atoms with E-state index in [1.165, 1.54) is 0 Å². The Labute approximate surface area is 154 Å². The van der Waals surface area contributed by atoms with Crippen molar-refractivity contribution in [2.75, 3.05) is 32.7 Å². The highest BCUT2D eigenvalue weighted by Crippen LogP contribution is 2.20. The van der Waals surface area contributed by atoms with Gasteiger partial charge in [-0.15, -0.1) is 0 Å². The van der Waals surface area contributed by atoms with E-state index in [4.69, 9.17) is 11.6 Å². The van der Waals surface area contributed by atoms with Crippen LogP contribution >= 0.6 is 11.6 Å². The van der Waals surface area contributed by atoms with Gasteiger partial charge in [-0.05, 0) is 44.0 Å². The summed E-state index contributed by atoms with van der Waals surface area (Å²) < 4.78 is 0. The van der Waals surface area contributed by atoms with Crippen molar-refractivity contribution in [3.63, 3.8) is 0 Å². The van der Waals surface area contributed by atoms with Crippen LogP contribution in [0.1, 0.15) is 25.3 Å². The highest BCUT2D eigenvalue weighted by Gasteiger charge is 2.31. The maximum atomic E-state index is 12.7. The van der Waals surface area contributed by atoms with Gasteiger partial charge in [0.2, 0.25) is 11.8 Å². The molecule has 1 N–H and O–H groups in total. The van der Waals surface area contributed by atoms with E-state index in [2.05, 4.69) is 12.2 Å². The molecule has 5 nitrogen and oxygen atoms in total. The predicted molar refractivity (Wildman–Crippen MR) is 98.5 cm³/mol. The number of piperazine rings is 1. The second-order valence-corrected chi connectivity index (χ2v) is 7.52. The van der Waals surface area contributed by atoms with Crippen molar-refractivity contribution >= 4 is 23.4 Å². The molecule has 0 radical (unpaired) electrons. The standard InChI is InChI=1S/C19H26ClN3O2/c1-14-12-16(6-7-21-14)19(25)23-10-8-22(9-11-23)18(24)13-15-2-4-17(20)5-3-15/h2-5,14,16,21H,6-13H2,1H3/t14-,16-/m0/s1. The molecule has 2 fully saturated rings. The number of halogens is 1. The monoisotopic (exact) mass is 363 g/mol. The normalized spacial score (nSPS) is 24.2. The number of piperidine rings is 1. The molecule has 136 valence electrons. The average molecular weight is 364 g/mol. The molecular formula is C19H26ClN3O2. The number of nitrogens with one attached hydrogen (secondary N) is 1. The van der Waals surface area contributed by atoms with Gasteiger partial charge >= 0.3 is 0 Å². The van der Waals surface area contributed by atoms with E-state index in [-0.39, 0.29) is 17.7 Å². The van der Waals surface area contributed by atoms with Crippen LogP contribution in [-0.4, -0.2) is 60.4 Å². The first kappa shape index (κ1) is 18.2. The number of nitrogens with zero attached hydrogens (tertiary/aromatic N) is 2. The van der Waals surface area contributed by atoms with E-state index in [0.29, 0.717) is 43.7 Å². The van der Waals surface area contributed by atoms with Gasteiger partial charge in [0, 0.05) is 43.2 Å². The Bertz CT molecular complexity index is 612.